The van der Waals surface area contributed by atoms with Crippen LogP contribution in [-0.4, -0.2) is 52.6 Å². The van der Waals surface area contributed by atoms with Crippen LogP contribution in [0.4, 0.5) is 4.79 Å². The maximum absolute atomic E-state index is 11.5. The smallest absolute Gasteiger partial charge is 0.407 e. The second-order valence-corrected chi connectivity index (χ2v) is 6.23. The van der Waals surface area contributed by atoms with Crippen LogP contribution in [0, 0.1) is 0 Å². The molecule has 2 unspecified atom stereocenters. The monoisotopic (exact) mass is 340 g/mol. The third-order valence-electron chi connectivity index (χ3n) is 2.99. The van der Waals surface area contributed by atoms with Crippen molar-refractivity contribution in [2.24, 2.45) is 0 Å². The van der Waals surface area contributed by atoms with Gasteiger partial charge in [-0.3, -0.25) is 4.98 Å². The third-order valence-corrected chi connectivity index (χ3v) is 2.99. The van der Waals surface area contributed by atoms with E-state index in [1.54, 1.807) is 20.8 Å². The molecule has 1 heterocycles. The van der Waals surface area contributed by atoms with Crippen molar-refractivity contribution in [1.29, 1.82) is 0 Å². The zero-order valence-corrected chi connectivity index (χ0v) is 14.3. The minimum atomic E-state index is -1.25. The molecule has 2 atom stereocenters. The maximum Gasteiger partial charge on any atom is 0.407 e. The minimum absolute atomic E-state index is 0.100. The number of rotatable bonds is 6. The molecule has 0 aromatic carbocycles. The van der Waals surface area contributed by atoms with Gasteiger partial charge in [0.25, 0.3) is 0 Å². The van der Waals surface area contributed by atoms with Gasteiger partial charge < -0.3 is 25.0 Å². The zero-order chi connectivity index (χ0) is 18.3. The number of alkyl carbamates (subject to hydrolysis) is 1. The first-order chi connectivity index (χ1) is 11.1. The number of amides is 1. The van der Waals surface area contributed by atoms with Gasteiger partial charge in [-0.15, -0.1) is 0 Å². The van der Waals surface area contributed by atoms with Crippen LogP contribution in [0.25, 0.3) is 0 Å². The SMILES string of the molecule is COC(=O)c1cncc(C(O)C(O)CCNC(=O)OC(C)(C)C)c1. The summed E-state index contributed by atoms with van der Waals surface area (Å²) >= 11 is 0. The summed E-state index contributed by atoms with van der Waals surface area (Å²) in [4.78, 5) is 26.8. The Morgan fingerprint density at radius 2 is 1.96 bits per heavy atom. The summed E-state index contributed by atoms with van der Waals surface area (Å²) in [5.74, 6) is -0.586. The van der Waals surface area contributed by atoms with E-state index in [9.17, 15) is 19.8 Å². The minimum Gasteiger partial charge on any atom is -0.465 e. The van der Waals surface area contributed by atoms with Crippen molar-refractivity contribution in [3.05, 3.63) is 29.6 Å². The summed E-state index contributed by atoms with van der Waals surface area (Å²) in [7, 11) is 1.24. The normalized spacial score (nSPS) is 13.8. The molecule has 0 aliphatic carbocycles. The third kappa shape index (κ3) is 6.51. The topological polar surface area (TPSA) is 118 Å². The number of hydrogen-bond donors (Lipinski definition) is 3. The van der Waals surface area contributed by atoms with E-state index in [1.807, 2.05) is 0 Å². The average molecular weight is 340 g/mol. The fraction of sp³-hybridized carbons (Fsp3) is 0.562. The molecule has 0 aliphatic heterocycles. The van der Waals surface area contributed by atoms with E-state index in [0.29, 0.717) is 0 Å². The number of nitrogens with one attached hydrogen (secondary N) is 1. The van der Waals surface area contributed by atoms with Crippen molar-refractivity contribution in [2.45, 2.75) is 45.0 Å². The Morgan fingerprint density at radius 3 is 2.54 bits per heavy atom. The van der Waals surface area contributed by atoms with Gasteiger partial charge in [-0.05, 0) is 33.3 Å². The maximum atomic E-state index is 11.5. The Balaban J connectivity index is 2.54. The first-order valence-corrected chi connectivity index (χ1v) is 7.50. The van der Waals surface area contributed by atoms with Crippen molar-refractivity contribution >= 4 is 12.1 Å². The number of esters is 1. The lowest BCUT2D eigenvalue weighted by molar-refractivity contribution is 0.0120. The average Bonchev–Trinajstić information content (AvgIpc) is 2.51. The summed E-state index contributed by atoms with van der Waals surface area (Å²) in [6.45, 7) is 5.35. The molecule has 0 radical (unpaired) electrons. The van der Waals surface area contributed by atoms with Gasteiger partial charge in [-0.25, -0.2) is 9.59 Å². The molecule has 1 amide bonds. The summed E-state index contributed by atoms with van der Waals surface area (Å²) in [6, 6.07) is 1.40. The largest absolute Gasteiger partial charge is 0.465 e. The molecule has 0 saturated carbocycles. The molecule has 0 bridgehead atoms. The van der Waals surface area contributed by atoms with Crippen molar-refractivity contribution in [2.75, 3.05) is 13.7 Å². The molecule has 0 saturated heterocycles. The summed E-state index contributed by atoms with van der Waals surface area (Å²) < 4.78 is 9.64. The number of ether oxygens (including phenoxy) is 2. The van der Waals surface area contributed by atoms with Crippen LogP contribution in [0.5, 0.6) is 0 Å². The molecule has 1 aromatic rings. The van der Waals surface area contributed by atoms with E-state index in [4.69, 9.17) is 4.74 Å². The number of hydrogen-bond acceptors (Lipinski definition) is 7. The van der Waals surface area contributed by atoms with Crippen LogP contribution in [0.15, 0.2) is 18.5 Å². The van der Waals surface area contributed by atoms with Gasteiger partial charge in [-0.1, -0.05) is 0 Å². The highest BCUT2D eigenvalue weighted by Gasteiger charge is 2.21. The van der Waals surface area contributed by atoms with Crippen LogP contribution in [0.1, 0.15) is 49.2 Å². The number of pyridine rings is 1. The molecule has 1 aromatic heterocycles. The summed E-state index contributed by atoms with van der Waals surface area (Å²) in [5, 5.41) is 22.6. The van der Waals surface area contributed by atoms with Crippen molar-refractivity contribution in [3.63, 3.8) is 0 Å². The van der Waals surface area contributed by atoms with Crippen molar-refractivity contribution in [3.8, 4) is 0 Å². The standard InChI is InChI=1S/C16H24N2O6/c1-16(2,3)24-15(22)18-6-5-12(19)13(20)10-7-11(9-17-8-10)14(21)23-4/h7-9,12-13,19-20H,5-6H2,1-4H3,(H,18,22). The number of aliphatic hydroxyl groups is 2. The number of carbonyl (C=O) groups excluding carboxylic acids is 2. The predicted molar refractivity (Wildman–Crippen MR) is 85.4 cm³/mol. The highest BCUT2D eigenvalue weighted by Crippen LogP contribution is 2.19. The Bertz CT molecular complexity index is 570. The molecule has 0 fully saturated rings. The van der Waals surface area contributed by atoms with E-state index in [-0.39, 0.29) is 24.1 Å². The fourth-order valence-corrected chi connectivity index (χ4v) is 1.87. The van der Waals surface area contributed by atoms with Gasteiger partial charge in [-0.2, -0.15) is 0 Å². The van der Waals surface area contributed by atoms with Gasteiger partial charge in [0, 0.05) is 24.5 Å². The highest BCUT2D eigenvalue weighted by atomic mass is 16.6. The van der Waals surface area contributed by atoms with Crippen LogP contribution >= 0.6 is 0 Å². The lowest BCUT2D eigenvalue weighted by atomic mass is 10.0. The molecule has 0 spiro atoms. The quantitative estimate of drug-likeness (QED) is 0.665. The molecule has 8 nitrogen and oxygen atoms in total. The zero-order valence-electron chi connectivity index (χ0n) is 14.3. The van der Waals surface area contributed by atoms with E-state index in [0.717, 1.165) is 0 Å². The van der Waals surface area contributed by atoms with Gasteiger partial charge >= 0.3 is 12.1 Å². The van der Waals surface area contributed by atoms with E-state index in [1.165, 1.54) is 25.6 Å². The second-order valence-electron chi connectivity index (χ2n) is 6.23. The molecular weight excluding hydrogens is 316 g/mol. The summed E-state index contributed by atoms with van der Waals surface area (Å²) in [6.07, 6.45) is -0.237. The van der Waals surface area contributed by atoms with Crippen molar-refractivity contribution < 1.29 is 29.3 Å². The number of aliphatic hydroxyl groups excluding tert-OH is 2. The molecule has 24 heavy (non-hydrogen) atoms. The molecule has 1 rings (SSSR count). The lowest BCUT2D eigenvalue weighted by Crippen LogP contribution is -2.34. The molecular formula is C16H24N2O6. The molecule has 0 aliphatic rings. The number of nitrogens with zero attached hydrogens (tertiary/aromatic N) is 1. The first kappa shape index (κ1) is 19.9. The molecule has 3 N–H and O–H groups in total. The van der Waals surface area contributed by atoms with Crippen LogP contribution in [-0.2, 0) is 9.47 Å². The Hall–Kier alpha value is -2.19. The fourth-order valence-electron chi connectivity index (χ4n) is 1.87. The Kier molecular flexibility index (Phi) is 7.12. The Labute approximate surface area is 140 Å². The lowest BCUT2D eigenvalue weighted by Gasteiger charge is -2.21. The highest BCUT2D eigenvalue weighted by molar-refractivity contribution is 5.89. The van der Waals surface area contributed by atoms with Gasteiger partial charge in [0.1, 0.15) is 11.7 Å². The number of carbonyl (C=O) groups is 2. The first-order valence-electron chi connectivity index (χ1n) is 7.50. The number of aromatic nitrogens is 1. The Morgan fingerprint density at radius 1 is 1.29 bits per heavy atom. The van der Waals surface area contributed by atoms with Crippen LogP contribution < -0.4 is 5.32 Å². The van der Waals surface area contributed by atoms with E-state index >= 15 is 0 Å². The van der Waals surface area contributed by atoms with Gasteiger partial charge in [0.2, 0.25) is 0 Å². The van der Waals surface area contributed by atoms with Gasteiger partial charge in [0.05, 0.1) is 18.8 Å². The van der Waals surface area contributed by atoms with E-state index < -0.39 is 29.9 Å². The molecule has 134 valence electrons. The van der Waals surface area contributed by atoms with Crippen LogP contribution in [0.2, 0.25) is 0 Å². The van der Waals surface area contributed by atoms with Crippen molar-refractivity contribution in [1.82, 2.24) is 10.3 Å². The second kappa shape index (κ2) is 8.60. The summed E-state index contributed by atoms with van der Waals surface area (Å²) in [5.41, 5.74) is -0.154. The molecule has 8 heteroatoms. The number of methoxy groups -OCH3 is 1. The predicted octanol–water partition coefficient (Wildman–Crippen LogP) is 1.18. The van der Waals surface area contributed by atoms with E-state index in [2.05, 4.69) is 15.0 Å². The van der Waals surface area contributed by atoms with Gasteiger partial charge in [0.15, 0.2) is 0 Å². The van der Waals surface area contributed by atoms with Crippen LogP contribution in [0.3, 0.4) is 0 Å².